The van der Waals surface area contributed by atoms with E-state index in [9.17, 15) is 0 Å². The molecule has 0 saturated heterocycles. The van der Waals surface area contributed by atoms with Gasteiger partial charge < -0.3 is 0 Å². The minimum atomic E-state index is 0.627. The third kappa shape index (κ3) is 5.81. The Kier molecular flexibility index (Phi) is 7.37. The van der Waals surface area contributed by atoms with E-state index in [2.05, 4.69) is 102 Å². The van der Waals surface area contributed by atoms with E-state index >= 15 is 0 Å². The molecule has 2 heterocycles. The Morgan fingerprint density at radius 3 is 1.55 bits per heavy atom. The van der Waals surface area contributed by atoms with Crippen molar-refractivity contribution in [3.05, 3.63) is 170 Å². The summed E-state index contributed by atoms with van der Waals surface area (Å²) < 4.78 is 0. The van der Waals surface area contributed by atoms with Crippen molar-refractivity contribution >= 4 is 10.8 Å². The maximum atomic E-state index is 5.08. The minimum Gasteiger partial charge on any atom is -0.262 e. The average Bonchev–Trinajstić information content (AvgIpc) is 3.15. The predicted molar refractivity (Wildman–Crippen MR) is 192 cm³/mol. The van der Waals surface area contributed by atoms with Gasteiger partial charge in [0.05, 0.1) is 0 Å². The van der Waals surface area contributed by atoms with Crippen LogP contribution in [0.1, 0.15) is 5.69 Å². The van der Waals surface area contributed by atoms with Gasteiger partial charge in [0.25, 0.3) is 0 Å². The van der Waals surface area contributed by atoms with E-state index in [1.165, 1.54) is 10.8 Å². The fourth-order valence-corrected chi connectivity index (χ4v) is 6.10. The zero-order chi connectivity index (χ0) is 31.6. The number of hydrogen-bond acceptors (Lipinski definition) is 4. The van der Waals surface area contributed by atoms with Gasteiger partial charge in [0, 0.05) is 28.6 Å². The topological polar surface area (TPSA) is 51.6 Å². The molecular weight excluding hydrogens is 573 g/mol. The molecule has 6 aromatic carbocycles. The van der Waals surface area contributed by atoms with Gasteiger partial charge >= 0.3 is 0 Å². The van der Waals surface area contributed by atoms with Crippen LogP contribution in [-0.2, 0) is 0 Å². The molecule has 0 N–H and O–H groups in total. The number of fused-ring (bicyclic) bond motifs is 1. The Balaban J connectivity index is 1.36. The lowest BCUT2D eigenvalue weighted by molar-refractivity contribution is 1.07. The van der Waals surface area contributed by atoms with Gasteiger partial charge in [-0.1, -0.05) is 121 Å². The van der Waals surface area contributed by atoms with E-state index in [1.807, 2.05) is 73.8 Å². The first-order chi connectivity index (χ1) is 23.2. The lowest BCUT2D eigenvalue weighted by atomic mass is 9.92. The van der Waals surface area contributed by atoms with Crippen LogP contribution in [0.25, 0.3) is 78.3 Å². The standard InChI is InChI=1S/C43H30N4/c1-29-24-35(22-23-44-29)33-18-10-19-34(25-33)36-26-37(40-21-11-17-30-12-8-9-20-39(30)40)28-38(27-36)43-46-41(31-13-4-2-5-14-31)45-42(47-43)32-15-6-3-7-16-32/h2-28H,1H3. The van der Waals surface area contributed by atoms with E-state index in [0.717, 1.165) is 55.8 Å². The Morgan fingerprint density at radius 2 is 0.851 bits per heavy atom. The van der Waals surface area contributed by atoms with Gasteiger partial charge in [-0.05, 0) is 87.5 Å². The fraction of sp³-hybridized carbons (Fsp3) is 0.0233. The monoisotopic (exact) mass is 602 g/mol. The molecule has 0 bridgehead atoms. The van der Waals surface area contributed by atoms with Crippen molar-refractivity contribution in [2.75, 3.05) is 0 Å². The van der Waals surface area contributed by atoms with Gasteiger partial charge in [-0.25, -0.2) is 15.0 Å². The number of pyridine rings is 1. The first-order valence-electron chi connectivity index (χ1n) is 15.7. The number of rotatable bonds is 6. The molecule has 2 aromatic heterocycles. The van der Waals surface area contributed by atoms with Crippen LogP contribution in [0.5, 0.6) is 0 Å². The summed E-state index contributed by atoms with van der Waals surface area (Å²) >= 11 is 0. The number of aromatic nitrogens is 4. The molecule has 8 rings (SSSR count). The Bertz CT molecular complexity index is 2300. The van der Waals surface area contributed by atoms with E-state index in [4.69, 9.17) is 15.0 Å². The van der Waals surface area contributed by atoms with Crippen molar-refractivity contribution in [2.45, 2.75) is 6.92 Å². The lowest BCUT2D eigenvalue weighted by Crippen LogP contribution is -2.00. The first kappa shape index (κ1) is 28.2. The SMILES string of the molecule is Cc1cc(-c2cccc(-c3cc(-c4nc(-c5ccccc5)nc(-c5ccccc5)n4)cc(-c4cccc5ccccc45)c3)c2)ccn1. The van der Waals surface area contributed by atoms with Gasteiger partial charge in [-0.3, -0.25) is 4.98 Å². The van der Waals surface area contributed by atoms with E-state index < -0.39 is 0 Å². The van der Waals surface area contributed by atoms with Crippen molar-refractivity contribution in [1.82, 2.24) is 19.9 Å². The van der Waals surface area contributed by atoms with Crippen molar-refractivity contribution in [3.63, 3.8) is 0 Å². The second kappa shape index (κ2) is 12.3. The zero-order valence-electron chi connectivity index (χ0n) is 25.9. The van der Waals surface area contributed by atoms with Crippen LogP contribution in [0.4, 0.5) is 0 Å². The molecule has 4 heteroatoms. The molecule has 0 aliphatic carbocycles. The number of aryl methyl sites for hydroxylation is 1. The van der Waals surface area contributed by atoms with Crippen LogP contribution in [0.2, 0.25) is 0 Å². The Morgan fingerprint density at radius 1 is 0.362 bits per heavy atom. The predicted octanol–water partition coefficient (Wildman–Crippen LogP) is 10.7. The summed E-state index contributed by atoms with van der Waals surface area (Å²) in [6, 6.07) is 54.8. The van der Waals surface area contributed by atoms with E-state index in [-0.39, 0.29) is 0 Å². The highest BCUT2D eigenvalue weighted by Gasteiger charge is 2.16. The highest BCUT2D eigenvalue weighted by molar-refractivity contribution is 5.98. The molecule has 0 spiro atoms. The van der Waals surface area contributed by atoms with Crippen LogP contribution in [0.3, 0.4) is 0 Å². The molecule has 47 heavy (non-hydrogen) atoms. The second-order valence-electron chi connectivity index (χ2n) is 11.6. The van der Waals surface area contributed by atoms with Crippen LogP contribution in [0.15, 0.2) is 164 Å². The third-order valence-corrected chi connectivity index (χ3v) is 8.42. The quantitative estimate of drug-likeness (QED) is 0.190. The summed E-state index contributed by atoms with van der Waals surface area (Å²) in [5, 5.41) is 2.40. The molecule has 0 atom stereocenters. The van der Waals surface area contributed by atoms with Crippen molar-refractivity contribution in [3.8, 4) is 67.5 Å². The van der Waals surface area contributed by atoms with Crippen molar-refractivity contribution in [1.29, 1.82) is 0 Å². The number of hydrogen-bond donors (Lipinski definition) is 0. The van der Waals surface area contributed by atoms with Gasteiger partial charge in [0.1, 0.15) is 0 Å². The normalized spacial score (nSPS) is 11.1. The van der Waals surface area contributed by atoms with Crippen molar-refractivity contribution in [2.24, 2.45) is 0 Å². The summed E-state index contributed by atoms with van der Waals surface area (Å²) in [6.45, 7) is 2.02. The average molecular weight is 603 g/mol. The zero-order valence-corrected chi connectivity index (χ0v) is 25.9. The largest absolute Gasteiger partial charge is 0.262 e. The molecule has 222 valence electrons. The Hall–Kier alpha value is -6.26. The van der Waals surface area contributed by atoms with Gasteiger partial charge in [-0.15, -0.1) is 0 Å². The third-order valence-electron chi connectivity index (χ3n) is 8.42. The van der Waals surface area contributed by atoms with Crippen LogP contribution in [-0.4, -0.2) is 19.9 Å². The summed E-state index contributed by atoms with van der Waals surface area (Å²) in [5.74, 6) is 1.91. The molecule has 0 aliphatic heterocycles. The molecule has 4 nitrogen and oxygen atoms in total. The lowest BCUT2D eigenvalue weighted by Gasteiger charge is -2.14. The summed E-state index contributed by atoms with van der Waals surface area (Å²) in [7, 11) is 0. The van der Waals surface area contributed by atoms with E-state index in [1.54, 1.807) is 0 Å². The summed E-state index contributed by atoms with van der Waals surface area (Å²) in [4.78, 5) is 19.5. The summed E-state index contributed by atoms with van der Waals surface area (Å²) in [6.07, 6.45) is 1.87. The fourth-order valence-electron chi connectivity index (χ4n) is 6.10. The van der Waals surface area contributed by atoms with Gasteiger partial charge in [-0.2, -0.15) is 0 Å². The highest BCUT2D eigenvalue weighted by Crippen LogP contribution is 2.37. The smallest absolute Gasteiger partial charge is 0.164 e. The molecule has 0 amide bonds. The minimum absolute atomic E-state index is 0.627. The molecule has 0 saturated carbocycles. The molecule has 0 unspecified atom stereocenters. The second-order valence-corrected chi connectivity index (χ2v) is 11.6. The van der Waals surface area contributed by atoms with Crippen LogP contribution < -0.4 is 0 Å². The molecule has 0 radical (unpaired) electrons. The van der Waals surface area contributed by atoms with Crippen LogP contribution in [0, 0.1) is 6.92 Å². The maximum Gasteiger partial charge on any atom is 0.164 e. The maximum absolute atomic E-state index is 5.08. The number of nitrogens with zero attached hydrogens (tertiary/aromatic N) is 4. The van der Waals surface area contributed by atoms with Crippen molar-refractivity contribution < 1.29 is 0 Å². The van der Waals surface area contributed by atoms with Crippen LogP contribution >= 0.6 is 0 Å². The van der Waals surface area contributed by atoms with Gasteiger partial charge in [0.15, 0.2) is 17.5 Å². The molecule has 0 fully saturated rings. The van der Waals surface area contributed by atoms with E-state index in [0.29, 0.717) is 17.5 Å². The summed E-state index contributed by atoms with van der Waals surface area (Å²) in [5.41, 5.74) is 10.5. The molecular formula is C43H30N4. The molecule has 0 aliphatic rings. The van der Waals surface area contributed by atoms with Gasteiger partial charge in [0.2, 0.25) is 0 Å². The highest BCUT2D eigenvalue weighted by atomic mass is 15.0. The number of benzene rings is 6. The molecule has 8 aromatic rings. The Labute approximate surface area is 274 Å². The first-order valence-corrected chi connectivity index (χ1v) is 15.7.